The van der Waals surface area contributed by atoms with E-state index in [9.17, 15) is 0 Å². The summed E-state index contributed by atoms with van der Waals surface area (Å²) in [5.74, 6) is 0. The molecule has 1 N–H and O–H groups in total. The molecule has 0 atom stereocenters. The van der Waals surface area contributed by atoms with Gasteiger partial charge < -0.3 is 4.98 Å². The Hall–Kier alpha value is -2.58. The molecule has 0 unspecified atom stereocenters. The zero-order chi connectivity index (χ0) is 14.9. The van der Waals surface area contributed by atoms with E-state index in [0.717, 1.165) is 33.3 Å². The van der Waals surface area contributed by atoms with Crippen LogP contribution in [0, 0.1) is 0 Å². The Morgan fingerprint density at radius 2 is 1.45 bits per heavy atom. The van der Waals surface area contributed by atoms with E-state index in [1.807, 2.05) is 48.7 Å². The first kappa shape index (κ1) is 13.1. The number of aromatic amines is 1. The molecular weight excluding hydrogens is 292 g/mol. The predicted octanol–water partition coefficient (Wildman–Crippen LogP) is 5.55. The first-order valence-electron chi connectivity index (χ1n) is 7.11. The third-order valence-corrected chi connectivity index (χ3v) is 3.98. The number of pyridine rings is 1. The third-order valence-electron chi connectivity index (χ3n) is 3.77. The predicted molar refractivity (Wildman–Crippen MR) is 92.0 cm³/mol. The van der Waals surface area contributed by atoms with Crippen molar-refractivity contribution >= 4 is 22.5 Å². The molecule has 0 aliphatic carbocycles. The number of fused-ring (bicyclic) bond motifs is 1. The normalized spacial score (nSPS) is 11.0. The van der Waals surface area contributed by atoms with Crippen molar-refractivity contribution in [1.82, 2.24) is 9.97 Å². The van der Waals surface area contributed by atoms with E-state index < -0.39 is 0 Å². The van der Waals surface area contributed by atoms with Crippen LogP contribution < -0.4 is 0 Å². The highest BCUT2D eigenvalue weighted by molar-refractivity contribution is 6.30. The van der Waals surface area contributed by atoms with Crippen LogP contribution >= 0.6 is 11.6 Å². The molecule has 0 radical (unpaired) electrons. The second-order valence-corrected chi connectivity index (χ2v) is 5.55. The summed E-state index contributed by atoms with van der Waals surface area (Å²) in [6, 6.07) is 22.5. The Kier molecular flexibility index (Phi) is 3.17. The zero-order valence-corrected chi connectivity index (χ0v) is 12.5. The van der Waals surface area contributed by atoms with Crippen molar-refractivity contribution in [3.8, 4) is 22.4 Å². The Labute approximate surface area is 133 Å². The fraction of sp³-hybridized carbons (Fsp3) is 0. The Bertz CT molecular complexity index is 928. The molecule has 4 rings (SSSR count). The van der Waals surface area contributed by atoms with E-state index in [-0.39, 0.29) is 0 Å². The van der Waals surface area contributed by atoms with Gasteiger partial charge in [-0.05, 0) is 17.2 Å². The van der Waals surface area contributed by atoms with Gasteiger partial charge in [0.2, 0.25) is 0 Å². The van der Waals surface area contributed by atoms with Gasteiger partial charge in [0.25, 0.3) is 0 Å². The molecule has 0 bridgehead atoms. The van der Waals surface area contributed by atoms with E-state index in [1.54, 1.807) is 0 Å². The number of halogens is 1. The molecule has 0 aliphatic rings. The lowest BCUT2D eigenvalue weighted by molar-refractivity contribution is 1.35. The summed E-state index contributed by atoms with van der Waals surface area (Å²) in [7, 11) is 0. The second-order valence-electron chi connectivity index (χ2n) is 5.16. The van der Waals surface area contributed by atoms with Gasteiger partial charge in [0.15, 0.2) is 0 Å². The van der Waals surface area contributed by atoms with Crippen molar-refractivity contribution in [2.24, 2.45) is 0 Å². The van der Waals surface area contributed by atoms with Crippen LogP contribution in [-0.2, 0) is 0 Å². The summed E-state index contributed by atoms with van der Waals surface area (Å²) in [5.41, 5.74) is 5.56. The average Bonchev–Trinajstić information content (AvgIpc) is 2.95. The SMILES string of the molecule is Clc1cc2[nH]c(-c3ccccc3)c(-c3ccccc3)c2cn1. The van der Waals surface area contributed by atoms with Gasteiger partial charge in [-0.2, -0.15) is 0 Å². The average molecular weight is 305 g/mol. The molecule has 0 saturated heterocycles. The molecule has 0 spiro atoms. The highest BCUT2D eigenvalue weighted by atomic mass is 35.5. The lowest BCUT2D eigenvalue weighted by Crippen LogP contribution is -1.82. The van der Waals surface area contributed by atoms with Gasteiger partial charge in [-0.1, -0.05) is 72.3 Å². The van der Waals surface area contributed by atoms with Crippen LogP contribution in [0.5, 0.6) is 0 Å². The highest BCUT2D eigenvalue weighted by Gasteiger charge is 2.15. The quantitative estimate of drug-likeness (QED) is 0.483. The van der Waals surface area contributed by atoms with Gasteiger partial charge in [0, 0.05) is 17.1 Å². The molecule has 106 valence electrons. The summed E-state index contributed by atoms with van der Waals surface area (Å²) in [6.07, 6.45) is 1.84. The van der Waals surface area contributed by atoms with Gasteiger partial charge in [-0.25, -0.2) is 4.98 Å². The first-order chi connectivity index (χ1) is 10.8. The van der Waals surface area contributed by atoms with E-state index in [1.165, 1.54) is 0 Å². The number of H-pyrrole nitrogens is 1. The number of hydrogen-bond donors (Lipinski definition) is 1. The molecule has 2 nitrogen and oxygen atoms in total. The fourth-order valence-corrected chi connectivity index (χ4v) is 2.95. The summed E-state index contributed by atoms with van der Waals surface area (Å²) in [4.78, 5) is 7.74. The van der Waals surface area contributed by atoms with Crippen molar-refractivity contribution in [3.63, 3.8) is 0 Å². The molecule has 3 heteroatoms. The van der Waals surface area contributed by atoms with E-state index >= 15 is 0 Å². The van der Waals surface area contributed by atoms with Crippen molar-refractivity contribution in [3.05, 3.63) is 78.1 Å². The van der Waals surface area contributed by atoms with Gasteiger partial charge >= 0.3 is 0 Å². The second kappa shape index (κ2) is 5.32. The van der Waals surface area contributed by atoms with Crippen LogP contribution in [0.4, 0.5) is 0 Å². The minimum Gasteiger partial charge on any atom is -0.354 e. The number of nitrogens with one attached hydrogen (secondary N) is 1. The highest BCUT2D eigenvalue weighted by Crippen LogP contribution is 2.38. The van der Waals surface area contributed by atoms with Crippen LogP contribution in [0.1, 0.15) is 0 Å². The number of hydrogen-bond acceptors (Lipinski definition) is 1. The van der Waals surface area contributed by atoms with Crippen LogP contribution in [0.25, 0.3) is 33.3 Å². The van der Waals surface area contributed by atoms with Crippen molar-refractivity contribution in [2.45, 2.75) is 0 Å². The molecule has 0 aliphatic heterocycles. The molecule has 2 aromatic heterocycles. The number of nitrogens with zero attached hydrogens (tertiary/aromatic N) is 1. The van der Waals surface area contributed by atoms with Crippen LogP contribution in [0.3, 0.4) is 0 Å². The standard InChI is InChI=1S/C19H13ClN2/c20-17-11-16-15(12-21-17)18(13-7-3-1-4-8-13)19(22-16)14-9-5-2-6-10-14/h1-12,22H. The Balaban J connectivity index is 2.07. The largest absolute Gasteiger partial charge is 0.354 e. The van der Waals surface area contributed by atoms with E-state index in [4.69, 9.17) is 11.6 Å². The maximum absolute atomic E-state index is 6.04. The summed E-state index contributed by atoms with van der Waals surface area (Å²) in [5, 5.41) is 1.57. The van der Waals surface area contributed by atoms with E-state index in [2.05, 4.69) is 34.2 Å². The lowest BCUT2D eigenvalue weighted by Gasteiger charge is -2.05. The molecule has 0 saturated carbocycles. The molecule has 0 amide bonds. The molecule has 4 aromatic rings. The summed E-state index contributed by atoms with van der Waals surface area (Å²) < 4.78 is 0. The van der Waals surface area contributed by atoms with Gasteiger partial charge in [0.1, 0.15) is 5.15 Å². The maximum Gasteiger partial charge on any atom is 0.131 e. The summed E-state index contributed by atoms with van der Waals surface area (Å²) in [6.45, 7) is 0. The van der Waals surface area contributed by atoms with Gasteiger partial charge in [-0.15, -0.1) is 0 Å². The lowest BCUT2D eigenvalue weighted by atomic mass is 9.99. The monoisotopic (exact) mass is 304 g/mol. The van der Waals surface area contributed by atoms with Gasteiger partial charge in [-0.3, -0.25) is 0 Å². The van der Waals surface area contributed by atoms with Crippen LogP contribution in [0.15, 0.2) is 72.9 Å². The molecule has 22 heavy (non-hydrogen) atoms. The molecule has 2 aromatic carbocycles. The van der Waals surface area contributed by atoms with E-state index in [0.29, 0.717) is 5.15 Å². The van der Waals surface area contributed by atoms with Crippen LogP contribution in [0.2, 0.25) is 5.15 Å². The first-order valence-corrected chi connectivity index (χ1v) is 7.49. The van der Waals surface area contributed by atoms with Crippen molar-refractivity contribution < 1.29 is 0 Å². The van der Waals surface area contributed by atoms with Crippen molar-refractivity contribution in [2.75, 3.05) is 0 Å². The smallest absolute Gasteiger partial charge is 0.131 e. The number of rotatable bonds is 2. The summed E-state index contributed by atoms with van der Waals surface area (Å²) >= 11 is 6.04. The van der Waals surface area contributed by atoms with Gasteiger partial charge in [0.05, 0.1) is 11.2 Å². The topological polar surface area (TPSA) is 28.7 Å². The number of aromatic nitrogens is 2. The van der Waals surface area contributed by atoms with Crippen molar-refractivity contribution in [1.29, 1.82) is 0 Å². The fourth-order valence-electron chi connectivity index (χ4n) is 2.79. The minimum absolute atomic E-state index is 0.493. The molecular formula is C19H13ClN2. The molecule has 0 fully saturated rings. The third kappa shape index (κ3) is 2.18. The van der Waals surface area contributed by atoms with Crippen LogP contribution in [-0.4, -0.2) is 9.97 Å². The Morgan fingerprint density at radius 1 is 0.818 bits per heavy atom. The number of benzene rings is 2. The maximum atomic E-state index is 6.04. The minimum atomic E-state index is 0.493. The molecule has 2 heterocycles. The Morgan fingerprint density at radius 3 is 2.14 bits per heavy atom. The zero-order valence-electron chi connectivity index (χ0n) is 11.8.